The molecule has 0 saturated carbocycles. The van der Waals surface area contributed by atoms with Gasteiger partial charge in [-0.05, 0) is 49.7 Å². The molecule has 7 heteroatoms. The molecule has 0 aliphatic carbocycles. The van der Waals surface area contributed by atoms with E-state index < -0.39 is 23.6 Å². The lowest BCUT2D eigenvalue weighted by Crippen LogP contribution is -2.31. The van der Waals surface area contributed by atoms with E-state index in [-0.39, 0.29) is 12.4 Å². The summed E-state index contributed by atoms with van der Waals surface area (Å²) in [6, 6.07) is 7.55. The normalized spacial score (nSPS) is 11.6. The fourth-order valence-electron chi connectivity index (χ4n) is 2.30. The zero-order valence-electron chi connectivity index (χ0n) is 14.6. The predicted molar refractivity (Wildman–Crippen MR) is 91.4 cm³/mol. The molecule has 1 amide bonds. The lowest BCUT2D eigenvalue weighted by Gasteiger charge is -2.16. The third-order valence-corrected chi connectivity index (χ3v) is 3.75. The Morgan fingerprint density at radius 2 is 1.81 bits per heavy atom. The Bertz CT molecular complexity index is 823. The van der Waals surface area contributed by atoms with Crippen molar-refractivity contribution in [2.45, 2.75) is 19.9 Å². The number of amides is 1. The summed E-state index contributed by atoms with van der Waals surface area (Å²) in [7, 11) is 1.43. The molecule has 0 aliphatic heterocycles. The van der Waals surface area contributed by atoms with Gasteiger partial charge < -0.3 is 14.8 Å². The van der Waals surface area contributed by atoms with Crippen LogP contribution in [0.4, 0.5) is 8.78 Å². The molecule has 2 aromatic carbocycles. The zero-order chi connectivity index (χ0) is 19.3. The molecular formula is C19H19F2NO4. The van der Waals surface area contributed by atoms with Gasteiger partial charge in [0.2, 0.25) is 0 Å². The standard InChI is InChI=1S/C19H19F2NO4/c1-11(13-4-6-15(20)16(21)8-13)22-19(24)10-26-17-7-5-14(12(2)23)9-18(17)25-3/h4-9,11H,10H2,1-3H3,(H,22,24). The van der Waals surface area contributed by atoms with Crippen molar-refractivity contribution in [1.29, 1.82) is 0 Å². The first-order valence-corrected chi connectivity index (χ1v) is 7.88. The van der Waals surface area contributed by atoms with Gasteiger partial charge in [-0.3, -0.25) is 9.59 Å². The van der Waals surface area contributed by atoms with Gasteiger partial charge in [0.1, 0.15) is 0 Å². The van der Waals surface area contributed by atoms with Crippen LogP contribution < -0.4 is 14.8 Å². The third kappa shape index (κ3) is 4.78. The summed E-state index contributed by atoms with van der Waals surface area (Å²) in [5, 5.41) is 2.63. The molecule has 5 nitrogen and oxygen atoms in total. The van der Waals surface area contributed by atoms with E-state index in [1.54, 1.807) is 19.1 Å². The monoisotopic (exact) mass is 363 g/mol. The van der Waals surface area contributed by atoms with E-state index in [1.165, 1.54) is 26.2 Å². The summed E-state index contributed by atoms with van der Waals surface area (Å²) in [6.07, 6.45) is 0. The van der Waals surface area contributed by atoms with Crippen LogP contribution >= 0.6 is 0 Å². The van der Waals surface area contributed by atoms with E-state index in [0.29, 0.717) is 22.6 Å². The molecule has 1 atom stereocenters. The molecular weight excluding hydrogens is 344 g/mol. The number of rotatable bonds is 7. The quantitative estimate of drug-likeness (QED) is 0.766. The minimum Gasteiger partial charge on any atom is -0.493 e. The maximum Gasteiger partial charge on any atom is 0.258 e. The van der Waals surface area contributed by atoms with E-state index in [2.05, 4.69) is 5.32 Å². The van der Waals surface area contributed by atoms with E-state index >= 15 is 0 Å². The summed E-state index contributed by atoms with van der Waals surface area (Å²) < 4.78 is 36.8. The summed E-state index contributed by atoms with van der Waals surface area (Å²) in [5.41, 5.74) is 0.895. The number of hydrogen-bond donors (Lipinski definition) is 1. The summed E-state index contributed by atoms with van der Waals surface area (Å²) in [4.78, 5) is 23.4. The molecule has 2 aromatic rings. The maximum absolute atomic E-state index is 13.3. The molecule has 0 fully saturated rings. The van der Waals surface area contributed by atoms with Gasteiger partial charge in [-0.1, -0.05) is 6.07 Å². The molecule has 26 heavy (non-hydrogen) atoms. The molecule has 1 N–H and O–H groups in total. The predicted octanol–water partition coefficient (Wildman–Crippen LogP) is 3.43. The number of ketones is 1. The number of methoxy groups -OCH3 is 1. The zero-order valence-corrected chi connectivity index (χ0v) is 14.6. The van der Waals surface area contributed by atoms with Crippen molar-refractivity contribution in [3.63, 3.8) is 0 Å². The highest BCUT2D eigenvalue weighted by molar-refractivity contribution is 5.94. The van der Waals surface area contributed by atoms with Crippen molar-refractivity contribution in [2.24, 2.45) is 0 Å². The van der Waals surface area contributed by atoms with Crippen molar-refractivity contribution in [2.75, 3.05) is 13.7 Å². The van der Waals surface area contributed by atoms with Gasteiger partial charge in [0.25, 0.3) is 5.91 Å². The first-order valence-electron chi connectivity index (χ1n) is 7.88. The Labute approximate surface area is 149 Å². The number of benzene rings is 2. The fourth-order valence-corrected chi connectivity index (χ4v) is 2.30. The van der Waals surface area contributed by atoms with Gasteiger partial charge in [-0.25, -0.2) is 8.78 Å². The average molecular weight is 363 g/mol. The van der Waals surface area contributed by atoms with Crippen LogP contribution in [-0.4, -0.2) is 25.4 Å². The van der Waals surface area contributed by atoms with Crippen LogP contribution in [0.25, 0.3) is 0 Å². The molecule has 0 saturated heterocycles. The summed E-state index contributed by atoms with van der Waals surface area (Å²) >= 11 is 0. The largest absolute Gasteiger partial charge is 0.493 e. The number of Topliss-reactive ketones (excluding diaryl/α,β-unsaturated/α-hetero) is 1. The van der Waals surface area contributed by atoms with Crippen molar-refractivity contribution in [1.82, 2.24) is 5.32 Å². The molecule has 138 valence electrons. The minimum absolute atomic E-state index is 0.118. The van der Waals surface area contributed by atoms with Crippen molar-refractivity contribution in [3.8, 4) is 11.5 Å². The van der Waals surface area contributed by atoms with Crippen LogP contribution in [-0.2, 0) is 4.79 Å². The second kappa shape index (κ2) is 8.42. The fraction of sp³-hybridized carbons (Fsp3) is 0.263. The molecule has 2 rings (SSSR count). The maximum atomic E-state index is 13.3. The number of carbonyl (C=O) groups is 2. The van der Waals surface area contributed by atoms with Gasteiger partial charge in [0.05, 0.1) is 13.2 Å². The highest BCUT2D eigenvalue weighted by atomic mass is 19.2. The molecule has 0 heterocycles. The van der Waals surface area contributed by atoms with E-state index in [1.807, 2.05) is 0 Å². The van der Waals surface area contributed by atoms with Crippen LogP contribution in [0.5, 0.6) is 11.5 Å². The van der Waals surface area contributed by atoms with Crippen LogP contribution in [0.15, 0.2) is 36.4 Å². The molecule has 0 aliphatic rings. The van der Waals surface area contributed by atoms with Gasteiger partial charge in [0.15, 0.2) is 35.5 Å². The Morgan fingerprint density at radius 1 is 1.08 bits per heavy atom. The van der Waals surface area contributed by atoms with E-state index in [4.69, 9.17) is 9.47 Å². The van der Waals surface area contributed by atoms with Crippen LogP contribution in [0.1, 0.15) is 35.8 Å². The highest BCUT2D eigenvalue weighted by Gasteiger charge is 2.14. The molecule has 1 unspecified atom stereocenters. The molecule has 0 radical (unpaired) electrons. The number of hydrogen-bond acceptors (Lipinski definition) is 4. The second-order valence-electron chi connectivity index (χ2n) is 5.67. The van der Waals surface area contributed by atoms with Gasteiger partial charge >= 0.3 is 0 Å². The van der Waals surface area contributed by atoms with Gasteiger partial charge in [-0.15, -0.1) is 0 Å². The van der Waals surface area contributed by atoms with E-state index in [9.17, 15) is 18.4 Å². The molecule has 0 aromatic heterocycles. The first-order chi connectivity index (χ1) is 12.3. The van der Waals surface area contributed by atoms with Crippen molar-refractivity contribution < 1.29 is 27.8 Å². The first kappa shape index (κ1) is 19.4. The van der Waals surface area contributed by atoms with Crippen molar-refractivity contribution in [3.05, 3.63) is 59.2 Å². The number of ether oxygens (including phenoxy) is 2. The number of halogens is 2. The lowest BCUT2D eigenvalue weighted by molar-refractivity contribution is -0.123. The Hall–Kier alpha value is -2.96. The molecule has 0 bridgehead atoms. The topological polar surface area (TPSA) is 64.6 Å². The third-order valence-electron chi connectivity index (χ3n) is 3.75. The Balaban J connectivity index is 1.98. The van der Waals surface area contributed by atoms with Crippen LogP contribution in [0.3, 0.4) is 0 Å². The Morgan fingerprint density at radius 3 is 2.42 bits per heavy atom. The van der Waals surface area contributed by atoms with Crippen LogP contribution in [0, 0.1) is 11.6 Å². The smallest absolute Gasteiger partial charge is 0.258 e. The second-order valence-corrected chi connectivity index (χ2v) is 5.67. The van der Waals surface area contributed by atoms with E-state index in [0.717, 1.165) is 12.1 Å². The van der Waals surface area contributed by atoms with Crippen LogP contribution in [0.2, 0.25) is 0 Å². The van der Waals surface area contributed by atoms with Gasteiger partial charge in [-0.2, -0.15) is 0 Å². The SMILES string of the molecule is COc1cc(C(C)=O)ccc1OCC(=O)NC(C)c1ccc(F)c(F)c1. The average Bonchev–Trinajstić information content (AvgIpc) is 2.61. The summed E-state index contributed by atoms with van der Waals surface area (Å²) in [6.45, 7) is 2.78. The molecule has 0 spiro atoms. The number of nitrogens with one attached hydrogen (secondary N) is 1. The summed E-state index contributed by atoms with van der Waals surface area (Å²) in [5.74, 6) is -1.84. The minimum atomic E-state index is -0.977. The lowest BCUT2D eigenvalue weighted by atomic mass is 10.1. The highest BCUT2D eigenvalue weighted by Crippen LogP contribution is 2.28. The number of carbonyl (C=O) groups excluding carboxylic acids is 2. The van der Waals surface area contributed by atoms with Gasteiger partial charge in [0, 0.05) is 5.56 Å². The Kier molecular flexibility index (Phi) is 6.27. The van der Waals surface area contributed by atoms with Crippen molar-refractivity contribution >= 4 is 11.7 Å².